The molecule has 19 heavy (non-hydrogen) atoms. The van der Waals surface area contributed by atoms with E-state index in [1.54, 1.807) is 0 Å². The highest BCUT2D eigenvalue weighted by Crippen LogP contribution is 2.11. The molecule has 0 radical (unpaired) electrons. The summed E-state index contributed by atoms with van der Waals surface area (Å²) >= 11 is 0. The van der Waals surface area contributed by atoms with E-state index in [1.165, 1.54) is 6.92 Å². The van der Waals surface area contributed by atoms with Gasteiger partial charge in [0.1, 0.15) is 0 Å². The summed E-state index contributed by atoms with van der Waals surface area (Å²) in [5.41, 5.74) is -1.45. The van der Waals surface area contributed by atoms with Crippen LogP contribution in [0.2, 0.25) is 0 Å². The minimum Gasteiger partial charge on any atom is -0.481 e. The Hall–Kier alpha value is -1.34. The SMILES string of the molecule is CC(O)(CNC(=O)NCC1CCCCO1)CC(=O)O. The maximum Gasteiger partial charge on any atom is 0.314 e. The van der Waals surface area contributed by atoms with E-state index in [0.717, 1.165) is 25.9 Å². The van der Waals surface area contributed by atoms with Gasteiger partial charge in [0.05, 0.1) is 18.1 Å². The molecule has 0 saturated carbocycles. The summed E-state index contributed by atoms with van der Waals surface area (Å²) in [6, 6.07) is -0.431. The van der Waals surface area contributed by atoms with E-state index in [2.05, 4.69) is 10.6 Å². The van der Waals surface area contributed by atoms with Crippen molar-refractivity contribution in [3.05, 3.63) is 0 Å². The van der Waals surface area contributed by atoms with Crippen LogP contribution in [0, 0.1) is 0 Å². The van der Waals surface area contributed by atoms with Crippen LogP contribution in [0.1, 0.15) is 32.6 Å². The van der Waals surface area contributed by atoms with Crippen molar-refractivity contribution in [1.29, 1.82) is 0 Å². The zero-order chi connectivity index (χ0) is 14.3. The Labute approximate surface area is 112 Å². The average molecular weight is 274 g/mol. The number of urea groups is 1. The third kappa shape index (κ3) is 6.97. The Bertz CT molecular complexity index is 313. The molecule has 1 aliphatic rings. The van der Waals surface area contributed by atoms with Gasteiger partial charge in [0.15, 0.2) is 0 Å². The Morgan fingerprint density at radius 1 is 1.37 bits per heavy atom. The zero-order valence-electron chi connectivity index (χ0n) is 11.1. The molecule has 0 aromatic carbocycles. The van der Waals surface area contributed by atoms with Gasteiger partial charge in [-0.15, -0.1) is 0 Å². The summed E-state index contributed by atoms with van der Waals surface area (Å²) in [6.45, 7) is 2.40. The summed E-state index contributed by atoms with van der Waals surface area (Å²) < 4.78 is 5.46. The lowest BCUT2D eigenvalue weighted by Gasteiger charge is -2.24. The van der Waals surface area contributed by atoms with Crippen LogP contribution < -0.4 is 10.6 Å². The molecule has 2 amide bonds. The van der Waals surface area contributed by atoms with Crippen molar-refractivity contribution in [2.45, 2.75) is 44.3 Å². The number of carboxylic acid groups (broad SMARTS) is 1. The fourth-order valence-electron chi connectivity index (χ4n) is 1.90. The van der Waals surface area contributed by atoms with Crippen LogP contribution in [0.3, 0.4) is 0 Å². The first kappa shape index (κ1) is 15.7. The number of aliphatic carboxylic acids is 1. The van der Waals surface area contributed by atoms with Crippen LogP contribution in [-0.4, -0.2) is 53.6 Å². The van der Waals surface area contributed by atoms with Gasteiger partial charge in [0.25, 0.3) is 0 Å². The van der Waals surface area contributed by atoms with E-state index in [1.807, 2.05) is 0 Å². The van der Waals surface area contributed by atoms with Crippen LogP contribution in [0.5, 0.6) is 0 Å². The average Bonchev–Trinajstić information content (AvgIpc) is 2.34. The Balaban J connectivity index is 2.18. The number of carbonyl (C=O) groups is 2. The highest BCUT2D eigenvalue weighted by Gasteiger charge is 2.25. The van der Waals surface area contributed by atoms with E-state index < -0.39 is 24.0 Å². The van der Waals surface area contributed by atoms with E-state index in [4.69, 9.17) is 9.84 Å². The van der Waals surface area contributed by atoms with Gasteiger partial charge in [-0.3, -0.25) is 4.79 Å². The second-order valence-corrected chi connectivity index (χ2v) is 5.12. The monoisotopic (exact) mass is 274 g/mol. The van der Waals surface area contributed by atoms with E-state index in [-0.39, 0.29) is 12.6 Å². The molecule has 1 aliphatic heterocycles. The van der Waals surface area contributed by atoms with Crippen molar-refractivity contribution in [3.8, 4) is 0 Å². The first-order valence-corrected chi connectivity index (χ1v) is 6.46. The van der Waals surface area contributed by atoms with E-state index in [9.17, 15) is 14.7 Å². The molecule has 1 rings (SSSR count). The lowest BCUT2D eigenvalue weighted by atomic mass is 10.0. The number of hydrogen-bond acceptors (Lipinski definition) is 4. The third-order valence-corrected chi connectivity index (χ3v) is 2.93. The molecule has 0 spiro atoms. The minimum absolute atomic E-state index is 0.0408. The van der Waals surface area contributed by atoms with Crippen molar-refractivity contribution >= 4 is 12.0 Å². The van der Waals surface area contributed by atoms with Gasteiger partial charge >= 0.3 is 12.0 Å². The molecule has 1 fully saturated rings. The van der Waals surface area contributed by atoms with Crippen LogP contribution in [0.25, 0.3) is 0 Å². The number of hydrogen-bond donors (Lipinski definition) is 4. The Morgan fingerprint density at radius 2 is 2.11 bits per heavy atom. The first-order valence-electron chi connectivity index (χ1n) is 6.46. The van der Waals surface area contributed by atoms with Gasteiger partial charge in [-0.2, -0.15) is 0 Å². The maximum absolute atomic E-state index is 11.5. The van der Waals surface area contributed by atoms with Crippen LogP contribution in [0.15, 0.2) is 0 Å². The normalized spacial score (nSPS) is 22.3. The van der Waals surface area contributed by atoms with E-state index >= 15 is 0 Å². The maximum atomic E-state index is 11.5. The molecule has 4 N–H and O–H groups in total. The Morgan fingerprint density at radius 3 is 2.68 bits per heavy atom. The van der Waals surface area contributed by atoms with Gasteiger partial charge in [-0.1, -0.05) is 0 Å². The minimum atomic E-state index is -1.45. The number of nitrogens with one attached hydrogen (secondary N) is 2. The molecular formula is C12H22N2O5. The molecular weight excluding hydrogens is 252 g/mol. The zero-order valence-corrected chi connectivity index (χ0v) is 11.1. The van der Waals surface area contributed by atoms with Crippen molar-refractivity contribution < 1.29 is 24.5 Å². The summed E-state index contributed by atoms with van der Waals surface area (Å²) in [4.78, 5) is 22.0. The lowest BCUT2D eigenvalue weighted by Crippen LogP contribution is -2.47. The van der Waals surface area contributed by atoms with Gasteiger partial charge in [-0.25, -0.2) is 4.79 Å². The van der Waals surface area contributed by atoms with Crippen molar-refractivity contribution in [1.82, 2.24) is 10.6 Å². The first-order chi connectivity index (χ1) is 8.89. The molecule has 1 saturated heterocycles. The molecule has 2 atom stereocenters. The van der Waals surface area contributed by atoms with Crippen molar-refractivity contribution in [2.24, 2.45) is 0 Å². The Kier molecular flexibility index (Phi) is 6.04. The van der Waals surface area contributed by atoms with Gasteiger partial charge in [0.2, 0.25) is 0 Å². The smallest absolute Gasteiger partial charge is 0.314 e. The quantitative estimate of drug-likeness (QED) is 0.548. The third-order valence-electron chi connectivity index (χ3n) is 2.93. The summed E-state index contributed by atoms with van der Waals surface area (Å²) in [7, 11) is 0. The van der Waals surface area contributed by atoms with Crippen molar-refractivity contribution in [3.63, 3.8) is 0 Å². The molecule has 0 aliphatic carbocycles. The molecule has 1 heterocycles. The van der Waals surface area contributed by atoms with Crippen LogP contribution in [0.4, 0.5) is 4.79 Å². The lowest BCUT2D eigenvalue weighted by molar-refractivity contribution is -0.141. The molecule has 2 unspecified atom stereocenters. The molecule has 7 heteroatoms. The largest absolute Gasteiger partial charge is 0.481 e. The predicted octanol–water partition coefficient (Wildman–Crippen LogP) is 0.0804. The van der Waals surface area contributed by atoms with Crippen LogP contribution >= 0.6 is 0 Å². The second-order valence-electron chi connectivity index (χ2n) is 5.12. The van der Waals surface area contributed by atoms with E-state index in [0.29, 0.717) is 6.54 Å². The fraction of sp³-hybridized carbons (Fsp3) is 0.833. The topological polar surface area (TPSA) is 108 Å². The van der Waals surface area contributed by atoms with Crippen LogP contribution in [-0.2, 0) is 9.53 Å². The number of aliphatic hydroxyl groups is 1. The number of rotatable bonds is 6. The van der Waals surface area contributed by atoms with Gasteiger partial charge in [0, 0.05) is 19.7 Å². The van der Waals surface area contributed by atoms with Gasteiger partial charge < -0.3 is 25.6 Å². The number of amides is 2. The molecule has 0 bridgehead atoms. The fourth-order valence-corrected chi connectivity index (χ4v) is 1.90. The predicted molar refractivity (Wildman–Crippen MR) is 67.9 cm³/mol. The molecule has 110 valence electrons. The number of carbonyl (C=O) groups excluding carboxylic acids is 1. The second kappa shape index (κ2) is 7.30. The summed E-state index contributed by atoms with van der Waals surface area (Å²) in [6.07, 6.45) is 2.71. The standard InChI is InChI=1S/C12H22N2O5/c1-12(18,6-10(15)16)8-14-11(17)13-7-9-4-2-3-5-19-9/h9,18H,2-8H2,1H3,(H,15,16)(H2,13,14,17). The summed E-state index contributed by atoms with van der Waals surface area (Å²) in [5.74, 6) is -1.11. The molecule has 0 aromatic rings. The highest BCUT2D eigenvalue weighted by atomic mass is 16.5. The number of ether oxygens (including phenoxy) is 1. The number of carboxylic acids is 1. The highest BCUT2D eigenvalue weighted by molar-refractivity contribution is 5.74. The van der Waals surface area contributed by atoms with Crippen molar-refractivity contribution in [2.75, 3.05) is 19.7 Å². The summed E-state index contributed by atoms with van der Waals surface area (Å²) in [5, 5.41) is 23.4. The molecule has 0 aromatic heterocycles. The molecule has 7 nitrogen and oxygen atoms in total. The van der Waals surface area contributed by atoms with Gasteiger partial charge in [-0.05, 0) is 26.2 Å².